The SMILES string of the molecule is Cn1c(=O)c2cc(NC(=O)C3CSC4(C)CCC(=O)N34)cnc2n(C)c1=O. The number of rotatable bonds is 2. The highest BCUT2D eigenvalue weighted by Gasteiger charge is 2.52. The van der Waals surface area contributed by atoms with Gasteiger partial charge in [0, 0.05) is 26.3 Å². The van der Waals surface area contributed by atoms with Crippen molar-refractivity contribution in [2.24, 2.45) is 14.1 Å². The van der Waals surface area contributed by atoms with Crippen LogP contribution in [0.3, 0.4) is 0 Å². The van der Waals surface area contributed by atoms with E-state index >= 15 is 0 Å². The maximum atomic E-state index is 12.8. The first kappa shape index (κ1) is 17.8. The van der Waals surface area contributed by atoms with Gasteiger partial charge < -0.3 is 10.2 Å². The molecule has 4 heterocycles. The van der Waals surface area contributed by atoms with E-state index in [0.29, 0.717) is 17.9 Å². The summed E-state index contributed by atoms with van der Waals surface area (Å²) in [4.78, 5) is 54.8. The Balaban J connectivity index is 1.66. The molecule has 1 N–H and O–H groups in total. The molecule has 2 saturated heterocycles. The fraction of sp³-hybridized carbons (Fsp3) is 0.471. The van der Waals surface area contributed by atoms with Crippen molar-refractivity contribution < 1.29 is 9.59 Å². The van der Waals surface area contributed by atoms with E-state index in [-0.39, 0.29) is 27.7 Å². The number of carbonyl (C=O) groups excluding carboxylic acids is 2. The van der Waals surface area contributed by atoms with Crippen LogP contribution in [-0.4, -0.2) is 47.5 Å². The van der Waals surface area contributed by atoms with Gasteiger partial charge in [0.15, 0.2) is 0 Å². The Kier molecular flexibility index (Phi) is 3.91. The lowest BCUT2D eigenvalue weighted by molar-refractivity contribution is -0.135. The molecule has 0 radical (unpaired) electrons. The fourth-order valence-electron chi connectivity index (χ4n) is 3.77. The zero-order valence-corrected chi connectivity index (χ0v) is 16.0. The van der Waals surface area contributed by atoms with Crippen molar-refractivity contribution in [3.63, 3.8) is 0 Å². The normalized spacial score (nSPS) is 24.5. The molecule has 2 atom stereocenters. The molecule has 2 fully saturated rings. The van der Waals surface area contributed by atoms with Crippen LogP contribution in [0, 0.1) is 0 Å². The molecule has 2 amide bonds. The molecular weight excluding hydrogens is 370 g/mol. The van der Waals surface area contributed by atoms with E-state index in [0.717, 1.165) is 11.0 Å². The molecule has 0 aromatic carbocycles. The first-order valence-electron chi connectivity index (χ1n) is 8.56. The van der Waals surface area contributed by atoms with Gasteiger partial charge >= 0.3 is 5.69 Å². The van der Waals surface area contributed by atoms with Gasteiger partial charge in [-0.25, -0.2) is 9.78 Å². The van der Waals surface area contributed by atoms with Gasteiger partial charge in [-0.1, -0.05) is 0 Å². The summed E-state index contributed by atoms with van der Waals surface area (Å²) in [6.07, 6.45) is 2.60. The number of anilines is 1. The molecule has 2 aromatic heterocycles. The van der Waals surface area contributed by atoms with Crippen LogP contribution >= 0.6 is 11.8 Å². The molecule has 0 bridgehead atoms. The van der Waals surface area contributed by atoms with E-state index in [1.807, 2.05) is 6.92 Å². The predicted molar refractivity (Wildman–Crippen MR) is 102 cm³/mol. The largest absolute Gasteiger partial charge is 0.332 e. The average Bonchev–Trinajstić information content (AvgIpc) is 3.14. The number of pyridine rings is 1. The van der Waals surface area contributed by atoms with Gasteiger partial charge in [-0.15, -0.1) is 11.8 Å². The van der Waals surface area contributed by atoms with Crippen LogP contribution in [0.25, 0.3) is 11.0 Å². The molecule has 10 heteroatoms. The maximum absolute atomic E-state index is 12.8. The number of carbonyl (C=O) groups is 2. The summed E-state index contributed by atoms with van der Waals surface area (Å²) in [5, 5.41) is 3.00. The van der Waals surface area contributed by atoms with Crippen LogP contribution < -0.4 is 16.6 Å². The van der Waals surface area contributed by atoms with Crippen LogP contribution in [-0.2, 0) is 23.7 Å². The van der Waals surface area contributed by atoms with Crippen LogP contribution in [0.5, 0.6) is 0 Å². The molecule has 0 spiro atoms. The lowest BCUT2D eigenvalue weighted by Gasteiger charge is -2.29. The van der Waals surface area contributed by atoms with Gasteiger partial charge in [0.25, 0.3) is 5.56 Å². The second kappa shape index (κ2) is 5.95. The number of fused-ring (bicyclic) bond motifs is 2. The lowest BCUT2D eigenvalue weighted by Crippen LogP contribution is -2.48. The minimum atomic E-state index is -0.548. The number of nitrogens with one attached hydrogen (secondary N) is 1. The zero-order valence-electron chi connectivity index (χ0n) is 15.2. The van der Waals surface area contributed by atoms with Crippen molar-refractivity contribution >= 4 is 40.3 Å². The third-order valence-electron chi connectivity index (χ3n) is 5.31. The van der Waals surface area contributed by atoms with Crippen molar-refractivity contribution in [1.82, 2.24) is 19.0 Å². The van der Waals surface area contributed by atoms with E-state index < -0.39 is 17.3 Å². The van der Waals surface area contributed by atoms with Gasteiger partial charge in [0.1, 0.15) is 11.7 Å². The summed E-state index contributed by atoms with van der Waals surface area (Å²) in [6.45, 7) is 1.98. The summed E-state index contributed by atoms with van der Waals surface area (Å²) >= 11 is 1.61. The van der Waals surface area contributed by atoms with Crippen LogP contribution in [0.2, 0.25) is 0 Å². The first-order valence-corrected chi connectivity index (χ1v) is 9.54. The van der Waals surface area contributed by atoms with Crippen LogP contribution in [0.1, 0.15) is 19.8 Å². The Morgan fingerprint density at radius 3 is 2.78 bits per heavy atom. The van der Waals surface area contributed by atoms with Gasteiger partial charge in [0.2, 0.25) is 11.8 Å². The van der Waals surface area contributed by atoms with Gasteiger partial charge in [-0.3, -0.25) is 23.5 Å². The summed E-state index contributed by atoms with van der Waals surface area (Å²) in [5.74, 6) is 0.221. The summed E-state index contributed by atoms with van der Waals surface area (Å²) in [5.41, 5.74) is -0.338. The van der Waals surface area contributed by atoms with Crippen LogP contribution in [0.4, 0.5) is 5.69 Å². The van der Waals surface area contributed by atoms with Crippen LogP contribution in [0.15, 0.2) is 21.9 Å². The topological polar surface area (TPSA) is 106 Å². The summed E-state index contributed by atoms with van der Waals surface area (Å²) in [7, 11) is 2.93. The quantitative estimate of drug-likeness (QED) is 0.776. The third-order valence-corrected chi connectivity index (χ3v) is 6.81. The number of nitrogens with zero attached hydrogens (tertiary/aromatic N) is 4. The van der Waals surface area contributed by atoms with Gasteiger partial charge in [-0.2, -0.15) is 0 Å². The van der Waals surface area contributed by atoms with E-state index in [2.05, 4.69) is 10.3 Å². The minimum absolute atomic E-state index is 0.0110. The van der Waals surface area contributed by atoms with Crippen molar-refractivity contribution in [1.29, 1.82) is 0 Å². The molecular formula is C17H19N5O4S. The Labute approximate surface area is 158 Å². The highest BCUT2D eigenvalue weighted by molar-refractivity contribution is 8.01. The Hall–Kier alpha value is -2.62. The van der Waals surface area contributed by atoms with Crippen molar-refractivity contribution in [3.05, 3.63) is 33.1 Å². The minimum Gasteiger partial charge on any atom is -0.323 e. The number of hydrogen-bond acceptors (Lipinski definition) is 6. The second-order valence-corrected chi connectivity index (χ2v) is 8.56. The number of thioether (sulfide) groups is 1. The zero-order chi connectivity index (χ0) is 19.5. The highest BCUT2D eigenvalue weighted by Crippen LogP contribution is 2.47. The molecule has 2 unspecified atom stereocenters. The molecule has 27 heavy (non-hydrogen) atoms. The first-order chi connectivity index (χ1) is 12.7. The van der Waals surface area contributed by atoms with Gasteiger partial charge in [-0.05, 0) is 19.4 Å². The lowest BCUT2D eigenvalue weighted by atomic mass is 10.2. The standard InChI is InChI=1S/C17H19N5O4S/c1-17-5-4-12(23)22(17)11(8-27-17)14(24)19-9-6-10-13(18-7-9)20(2)16(26)21(3)15(10)25/h6-7,11H,4-5,8H2,1-3H3,(H,19,24). The summed E-state index contributed by atoms with van der Waals surface area (Å²) < 4.78 is 2.28. The van der Waals surface area contributed by atoms with E-state index in [9.17, 15) is 19.2 Å². The summed E-state index contributed by atoms with van der Waals surface area (Å²) in [6, 6.07) is 0.961. The predicted octanol–water partition coefficient (Wildman–Crippen LogP) is 0.0247. The third kappa shape index (κ3) is 2.58. The van der Waals surface area contributed by atoms with Crippen molar-refractivity contribution in [2.45, 2.75) is 30.7 Å². The number of aromatic nitrogens is 3. The second-order valence-electron chi connectivity index (χ2n) is 7.06. The Morgan fingerprint density at radius 2 is 2.04 bits per heavy atom. The number of hydrogen-bond donors (Lipinski definition) is 1. The molecule has 9 nitrogen and oxygen atoms in total. The Bertz CT molecular complexity index is 1110. The highest BCUT2D eigenvalue weighted by atomic mass is 32.2. The van der Waals surface area contributed by atoms with E-state index in [1.165, 1.54) is 30.9 Å². The molecule has 0 aliphatic carbocycles. The molecule has 2 aliphatic heterocycles. The smallest absolute Gasteiger partial charge is 0.323 e. The van der Waals surface area contributed by atoms with E-state index in [1.54, 1.807) is 16.7 Å². The van der Waals surface area contributed by atoms with Crippen molar-refractivity contribution in [3.8, 4) is 0 Å². The van der Waals surface area contributed by atoms with Crippen molar-refractivity contribution in [2.75, 3.05) is 11.1 Å². The fourth-order valence-corrected chi connectivity index (χ4v) is 5.21. The molecule has 0 saturated carbocycles. The monoisotopic (exact) mass is 389 g/mol. The van der Waals surface area contributed by atoms with E-state index in [4.69, 9.17) is 0 Å². The average molecular weight is 389 g/mol. The molecule has 2 aliphatic rings. The number of amides is 2. The molecule has 2 aromatic rings. The Morgan fingerprint density at radius 1 is 1.30 bits per heavy atom. The number of aryl methyl sites for hydroxylation is 1. The van der Waals surface area contributed by atoms with Gasteiger partial charge in [0.05, 0.1) is 22.1 Å². The molecule has 4 rings (SSSR count). The molecule has 142 valence electrons. The maximum Gasteiger partial charge on any atom is 0.332 e.